The van der Waals surface area contributed by atoms with Crippen molar-refractivity contribution in [1.29, 1.82) is 0 Å². The maximum absolute atomic E-state index is 12.5. The number of carboxylic acid groups (broad SMARTS) is 1. The first-order valence-electron chi connectivity index (χ1n) is 3.96. The van der Waals surface area contributed by atoms with Gasteiger partial charge in [0.05, 0.1) is 10.9 Å². The van der Waals surface area contributed by atoms with Crippen LogP contribution < -0.4 is 0 Å². The van der Waals surface area contributed by atoms with Crippen LogP contribution in [0.15, 0.2) is 16.8 Å². The van der Waals surface area contributed by atoms with Crippen molar-refractivity contribution in [2.24, 2.45) is 0 Å². The van der Waals surface area contributed by atoms with E-state index in [1.165, 1.54) is 0 Å². The van der Waals surface area contributed by atoms with Crippen molar-refractivity contribution in [2.75, 3.05) is 0 Å². The largest absolute Gasteiger partial charge is 0.478 e. The van der Waals surface area contributed by atoms with E-state index in [-0.39, 0.29) is 0 Å². The van der Waals surface area contributed by atoms with Gasteiger partial charge in [-0.05, 0) is 6.07 Å². The molecule has 2 aromatic rings. The maximum Gasteiger partial charge on any atom is 0.437 e. The normalized spacial score (nSPS) is 11.9. The summed E-state index contributed by atoms with van der Waals surface area (Å²) in [6.07, 6.45) is -3.74. The second kappa shape index (κ2) is 3.19. The lowest BCUT2D eigenvalue weighted by Crippen LogP contribution is -2.08. The summed E-state index contributed by atoms with van der Waals surface area (Å²) in [6, 6.07) is 0.955. The summed E-state index contributed by atoms with van der Waals surface area (Å²) in [7, 11) is 0. The van der Waals surface area contributed by atoms with Crippen molar-refractivity contribution in [3.05, 3.63) is 23.5 Å². The molecule has 2 aromatic heterocycles. The lowest BCUT2D eigenvalue weighted by molar-refractivity contribution is -0.141. The topological polar surface area (TPSA) is 76.2 Å². The third-order valence-corrected chi connectivity index (χ3v) is 1.88. The first-order chi connectivity index (χ1) is 7.41. The fraction of sp³-hybridized carbons (Fsp3) is 0.125. The second-order valence-electron chi connectivity index (χ2n) is 2.87. The van der Waals surface area contributed by atoms with Crippen molar-refractivity contribution in [3.63, 3.8) is 0 Å². The van der Waals surface area contributed by atoms with Gasteiger partial charge >= 0.3 is 12.1 Å². The third kappa shape index (κ3) is 1.47. The second-order valence-corrected chi connectivity index (χ2v) is 2.87. The van der Waals surface area contributed by atoms with Crippen molar-refractivity contribution in [1.82, 2.24) is 10.1 Å². The van der Waals surface area contributed by atoms with Gasteiger partial charge in [-0.3, -0.25) is 0 Å². The number of halogens is 3. The molecule has 8 heteroatoms. The maximum atomic E-state index is 12.5. The van der Waals surface area contributed by atoms with Crippen LogP contribution in [0.2, 0.25) is 0 Å². The number of carbonyl (C=O) groups is 1. The number of aromatic nitrogens is 2. The molecule has 5 nitrogen and oxygen atoms in total. The Balaban J connectivity index is 2.83. The van der Waals surface area contributed by atoms with E-state index in [1.54, 1.807) is 0 Å². The van der Waals surface area contributed by atoms with E-state index in [4.69, 9.17) is 5.11 Å². The minimum atomic E-state index is -4.78. The number of hydrogen-bond donors (Lipinski definition) is 1. The van der Waals surface area contributed by atoms with Gasteiger partial charge in [-0.1, -0.05) is 5.16 Å². The summed E-state index contributed by atoms with van der Waals surface area (Å²) in [5.74, 6) is -1.50. The Morgan fingerprint density at radius 3 is 2.69 bits per heavy atom. The molecule has 2 rings (SSSR count). The van der Waals surface area contributed by atoms with Crippen LogP contribution in [0, 0.1) is 0 Å². The van der Waals surface area contributed by atoms with Crippen LogP contribution in [-0.4, -0.2) is 21.2 Å². The molecule has 84 valence electrons. The molecule has 0 aliphatic rings. The summed E-state index contributed by atoms with van der Waals surface area (Å²) >= 11 is 0. The molecule has 0 fully saturated rings. The van der Waals surface area contributed by atoms with Gasteiger partial charge in [-0.25, -0.2) is 9.78 Å². The zero-order valence-electron chi connectivity index (χ0n) is 7.45. The van der Waals surface area contributed by atoms with E-state index in [1.807, 2.05) is 0 Å². The number of aromatic carboxylic acids is 1. The van der Waals surface area contributed by atoms with Gasteiger partial charge in [0.15, 0.2) is 5.69 Å². The predicted molar refractivity (Wildman–Crippen MR) is 43.8 cm³/mol. The molecule has 0 spiro atoms. The van der Waals surface area contributed by atoms with Crippen LogP contribution in [0.1, 0.15) is 16.1 Å². The zero-order valence-corrected chi connectivity index (χ0v) is 7.45. The smallest absolute Gasteiger partial charge is 0.437 e. The Bertz CT molecular complexity index is 561. The SMILES string of the molecule is O=C(O)c1ccnc2onc(C(F)(F)F)c12. The summed E-state index contributed by atoms with van der Waals surface area (Å²) in [6.45, 7) is 0. The number of rotatable bonds is 1. The fourth-order valence-corrected chi connectivity index (χ4v) is 1.25. The summed E-state index contributed by atoms with van der Waals surface area (Å²) < 4.78 is 41.7. The Hall–Kier alpha value is -2.12. The van der Waals surface area contributed by atoms with Crippen molar-refractivity contribution >= 4 is 17.1 Å². The van der Waals surface area contributed by atoms with Crippen molar-refractivity contribution in [3.8, 4) is 0 Å². The molecule has 1 N–H and O–H groups in total. The molecule has 0 bridgehead atoms. The number of alkyl halides is 3. The molecule has 0 saturated carbocycles. The van der Waals surface area contributed by atoms with E-state index < -0.39 is 34.5 Å². The van der Waals surface area contributed by atoms with Crippen LogP contribution in [0.25, 0.3) is 11.1 Å². The van der Waals surface area contributed by atoms with Crippen LogP contribution in [0.4, 0.5) is 13.2 Å². The summed E-state index contributed by atoms with van der Waals surface area (Å²) in [5, 5.41) is 10.9. The molecule has 0 aliphatic heterocycles. The van der Waals surface area contributed by atoms with Gasteiger partial charge in [0.25, 0.3) is 5.71 Å². The van der Waals surface area contributed by atoms with E-state index in [2.05, 4.69) is 14.7 Å². The molecule has 0 aromatic carbocycles. The zero-order chi connectivity index (χ0) is 11.9. The van der Waals surface area contributed by atoms with Gasteiger partial charge in [0, 0.05) is 6.20 Å². The van der Waals surface area contributed by atoms with Gasteiger partial charge < -0.3 is 9.63 Å². The Morgan fingerprint density at radius 2 is 2.12 bits per heavy atom. The molecular weight excluding hydrogens is 229 g/mol. The van der Waals surface area contributed by atoms with Gasteiger partial charge in [-0.2, -0.15) is 13.2 Å². The van der Waals surface area contributed by atoms with Crippen LogP contribution in [-0.2, 0) is 6.18 Å². The minimum absolute atomic E-state index is 0.452. The molecule has 0 unspecified atom stereocenters. The summed E-state index contributed by atoms with van der Waals surface area (Å²) in [4.78, 5) is 14.2. The van der Waals surface area contributed by atoms with E-state index >= 15 is 0 Å². The van der Waals surface area contributed by atoms with Crippen molar-refractivity contribution in [2.45, 2.75) is 6.18 Å². The number of pyridine rings is 1. The molecule has 0 aliphatic carbocycles. The molecule has 2 heterocycles. The lowest BCUT2D eigenvalue weighted by Gasteiger charge is -2.02. The van der Waals surface area contributed by atoms with Crippen LogP contribution >= 0.6 is 0 Å². The van der Waals surface area contributed by atoms with Crippen LogP contribution in [0.5, 0.6) is 0 Å². The molecule has 16 heavy (non-hydrogen) atoms. The third-order valence-electron chi connectivity index (χ3n) is 1.88. The van der Waals surface area contributed by atoms with Crippen LogP contribution in [0.3, 0.4) is 0 Å². The highest BCUT2D eigenvalue weighted by molar-refractivity contribution is 6.02. The number of hydrogen-bond acceptors (Lipinski definition) is 4. The predicted octanol–water partition coefficient (Wildman–Crippen LogP) is 1.94. The number of carboxylic acids is 1. The monoisotopic (exact) mass is 232 g/mol. The van der Waals surface area contributed by atoms with Crippen molar-refractivity contribution < 1.29 is 27.6 Å². The first-order valence-corrected chi connectivity index (χ1v) is 3.96. The quantitative estimate of drug-likeness (QED) is 0.812. The Labute approximate surface area is 85.5 Å². The highest BCUT2D eigenvalue weighted by Crippen LogP contribution is 2.34. The lowest BCUT2D eigenvalue weighted by atomic mass is 10.1. The number of fused-ring (bicyclic) bond motifs is 1. The average Bonchev–Trinajstić information content (AvgIpc) is 2.59. The average molecular weight is 232 g/mol. The van der Waals surface area contributed by atoms with Gasteiger partial charge in [0.1, 0.15) is 0 Å². The van der Waals surface area contributed by atoms with E-state index in [0.717, 1.165) is 12.3 Å². The van der Waals surface area contributed by atoms with E-state index in [9.17, 15) is 18.0 Å². The molecule has 0 atom stereocenters. The van der Waals surface area contributed by atoms with Gasteiger partial charge in [-0.15, -0.1) is 0 Å². The van der Waals surface area contributed by atoms with E-state index in [0.29, 0.717) is 0 Å². The highest BCUT2D eigenvalue weighted by atomic mass is 19.4. The molecular formula is C8H3F3N2O3. The Morgan fingerprint density at radius 1 is 1.44 bits per heavy atom. The first kappa shape index (κ1) is 10.4. The number of nitrogens with zero attached hydrogens (tertiary/aromatic N) is 2. The molecule has 0 radical (unpaired) electrons. The fourth-order valence-electron chi connectivity index (χ4n) is 1.25. The molecule has 0 amide bonds. The standard InChI is InChI=1S/C8H3F3N2O3/c9-8(10,11)5-4-3(7(14)15)1-2-12-6(4)16-13-5/h1-2H,(H,14,15). The molecule has 0 saturated heterocycles. The summed E-state index contributed by atoms with van der Waals surface area (Å²) in [5.41, 5.74) is -2.38. The van der Waals surface area contributed by atoms with Gasteiger partial charge in [0.2, 0.25) is 0 Å². The minimum Gasteiger partial charge on any atom is -0.478 e. The Kier molecular flexibility index (Phi) is 2.07. The highest BCUT2D eigenvalue weighted by Gasteiger charge is 2.39.